The van der Waals surface area contributed by atoms with Gasteiger partial charge in [0.2, 0.25) is 0 Å². The van der Waals surface area contributed by atoms with E-state index in [1.807, 2.05) is 0 Å². The molecule has 0 saturated carbocycles. The fourth-order valence-corrected chi connectivity index (χ4v) is 4.43. The molecule has 0 bridgehead atoms. The van der Waals surface area contributed by atoms with Gasteiger partial charge in [-0.05, 0) is 83.2 Å². The van der Waals surface area contributed by atoms with Crippen LogP contribution in [0.2, 0.25) is 0 Å². The number of ether oxygens (including phenoxy) is 1. The minimum atomic E-state index is -4.69. The molecule has 0 atom stereocenters. The van der Waals surface area contributed by atoms with Crippen LogP contribution in [0.1, 0.15) is 66.0 Å². The predicted octanol–water partition coefficient (Wildman–Crippen LogP) is 8.31. The van der Waals surface area contributed by atoms with Crippen LogP contribution in [-0.2, 0) is 6.42 Å². The molecule has 0 unspecified atom stereocenters. The number of halogens is 3. The Hall–Kier alpha value is -3.01. The maximum Gasteiger partial charge on any atom is 0.573 e. The van der Waals surface area contributed by atoms with Gasteiger partial charge < -0.3 is 4.74 Å². The molecule has 4 rings (SSSR count). The molecule has 0 amide bonds. The molecule has 0 saturated heterocycles. The summed E-state index contributed by atoms with van der Waals surface area (Å²) in [5, 5.41) is 0. The fraction of sp³-hybridized carbons (Fsp3) is 0.286. The Balaban J connectivity index is 1.86. The third-order valence-corrected chi connectivity index (χ3v) is 6.01. The second-order valence-electron chi connectivity index (χ2n) is 8.72. The molecule has 32 heavy (non-hydrogen) atoms. The lowest BCUT2D eigenvalue weighted by Gasteiger charge is -2.18. The number of hydrogen-bond acceptors (Lipinski definition) is 1. The maximum atomic E-state index is 12.6. The molecule has 1 aliphatic carbocycles. The van der Waals surface area contributed by atoms with Crippen molar-refractivity contribution in [3.8, 4) is 5.75 Å². The van der Waals surface area contributed by atoms with Crippen LogP contribution in [0.4, 0.5) is 13.2 Å². The van der Waals surface area contributed by atoms with Crippen molar-refractivity contribution in [3.05, 3.63) is 100 Å². The number of rotatable bonds is 4. The smallest absolute Gasteiger partial charge is 0.406 e. The molecule has 0 N–H and O–H groups in total. The highest BCUT2D eigenvalue weighted by Crippen LogP contribution is 2.40. The van der Waals surface area contributed by atoms with Crippen LogP contribution in [0.5, 0.6) is 5.75 Å². The van der Waals surface area contributed by atoms with Gasteiger partial charge in [-0.1, -0.05) is 74.0 Å². The first-order valence-corrected chi connectivity index (χ1v) is 11.0. The minimum Gasteiger partial charge on any atom is -0.406 e. The zero-order valence-electron chi connectivity index (χ0n) is 18.6. The summed E-state index contributed by atoms with van der Waals surface area (Å²) in [5.41, 5.74) is 9.41. The zero-order valence-corrected chi connectivity index (χ0v) is 18.6. The van der Waals surface area contributed by atoms with Crippen molar-refractivity contribution in [1.29, 1.82) is 0 Å². The Morgan fingerprint density at radius 1 is 0.812 bits per heavy atom. The molecule has 0 aromatic heterocycles. The highest BCUT2D eigenvalue weighted by Gasteiger charge is 2.31. The Bertz CT molecular complexity index is 1120. The van der Waals surface area contributed by atoms with Crippen molar-refractivity contribution in [2.75, 3.05) is 0 Å². The topological polar surface area (TPSA) is 9.23 Å². The van der Waals surface area contributed by atoms with E-state index in [2.05, 4.69) is 68.0 Å². The summed E-state index contributed by atoms with van der Waals surface area (Å²) in [6.45, 7) is 6.45. The Morgan fingerprint density at radius 3 is 2.09 bits per heavy atom. The number of fused-ring (bicyclic) bond motifs is 1. The highest BCUT2D eigenvalue weighted by molar-refractivity contribution is 6.00. The van der Waals surface area contributed by atoms with Gasteiger partial charge in [-0.15, -0.1) is 13.2 Å². The monoisotopic (exact) mass is 436 g/mol. The summed E-state index contributed by atoms with van der Waals surface area (Å²) in [5.74, 6) is 0.247. The van der Waals surface area contributed by atoms with Gasteiger partial charge in [0.15, 0.2) is 0 Å². The molecule has 0 radical (unpaired) electrons. The van der Waals surface area contributed by atoms with Gasteiger partial charge in [0.05, 0.1) is 0 Å². The Morgan fingerprint density at radius 2 is 1.47 bits per heavy atom. The first-order chi connectivity index (χ1) is 15.2. The van der Waals surface area contributed by atoms with Crippen LogP contribution in [0.3, 0.4) is 0 Å². The van der Waals surface area contributed by atoms with Crippen LogP contribution in [0.25, 0.3) is 11.1 Å². The number of benzene rings is 3. The SMILES string of the molecule is Cc1ccc2c(c1)CCCC(c1ccc(OC(F)(F)F)cc1)=C2c1ccc(C(C)C)cc1. The molecule has 0 heterocycles. The summed E-state index contributed by atoms with van der Waals surface area (Å²) in [6, 6.07) is 21.5. The quantitative estimate of drug-likeness (QED) is 0.400. The van der Waals surface area contributed by atoms with Gasteiger partial charge in [0, 0.05) is 0 Å². The Kier molecular flexibility index (Phi) is 6.14. The fourth-order valence-electron chi connectivity index (χ4n) is 4.43. The third kappa shape index (κ3) is 4.90. The molecule has 166 valence electrons. The lowest BCUT2D eigenvalue weighted by Crippen LogP contribution is -2.17. The van der Waals surface area contributed by atoms with E-state index in [4.69, 9.17) is 0 Å². The molecule has 0 spiro atoms. The summed E-state index contributed by atoms with van der Waals surface area (Å²) in [6.07, 6.45) is -1.87. The van der Waals surface area contributed by atoms with Crippen LogP contribution in [-0.4, -0.2) is 6.36 Å². The molecule has 4 heteroatoms. The van der Waals surface area contributed by atoms with Gasteiger partial charge in [-0.25, -0.2) is 0 Å². The molecular formula is C28H27F3O. The Labute approximate surface area is 187 Å². The number of hydrogen-bond donors (Lipinski definition) is 0. The molecule has 0 fully saturated rings. The van der Waals surface area contributed by atoms with Crippen molar-refractivity contribution >= 4 is 11.1 Å². The third-order valence-electron chi connectivity index (χ3n) is 6.01. The van der Waals surface area contributed by atoms with Crippen molar-refractivity contribution in [2.45, 2.75) is 52.3 Å². The number of aryl methyl sites for hydroxylation is 2. The second kappa shape index (κ2) is 8.85. The lowest BCUT2D eigenvalue weighted by atomic mass is 9.86. The molecule has 1 aliphatic rings. The van der Waals surface area contributed by atoms with Gasteiger partial charge >= 0.3 is 6.36 Å². The van der Waals surface area contributed by atoms with E-state index in [0.29, 0.717) is 5.92 Å². The standard InChI is InChI=1S/C28H27F3O/c1-18(2)20-8-10-22(11-9-20)27-25(6-4-5-23-17-19(3)7-16-26(23)27)21-12-14-24(15-13-21)32-28(29,30)31/h7-18H,4-6H2,1-3H3. The molecular weight excluding hydrogens is 409 g/mol. The van der Waals surface area contributed by atoms with E-state index in [0.717, 1.165) is 41.5 Å². The molecule has 0 aliphatic heterocycles. The maximum absolute atomic E-state index is 12.6. The molecule has 3 aromatic carbocycles. The van der Waals surface area contributed by atoms with Gasteiger partial charge in [0.1, 0.15) is 5.75 Å². The largest absolute Gasteiger partial charge is 0.573 e. The van der Waals surface area contributed by atoms with Crippen molar-refractivity contribution in [2.24, 2.45) is 0 Å². The molecule has 1 nitrogen and oxygen atoms in total. The second-order valence-corrected chi connectivity index (χ2v) is 8.72. The van der Waals surface area contributed by atoms with Gasteiger partial charge in [-0.3, -0.25) is 0 Å². The van der Waals surface area contributed by atoms with Gasteiger partial charge in [0.25, 0.3) is 0 Å². The van der Waals surface area contributed by atoms with Crippen molar-refractivity contribution in [3.63, 3.8) is 0 Å². The first-order valence-electron chi connectivity index (χ1n) is 11.0. The van der Waals surface area contributed by atoms with Crippen LogP contribution >= 0.6 is 0 Å². The van der Waals surface area contributed by atoms with Crippen LogP contribution in [0.15, 0.2) is 66.7 Å². The average Bonchev–Trinajstić information content (AvgIpc) is 2.92. The number of alkyl halides is 3. The van der Waals surface area contributed by atoms with E-state index in [1.165, 1.54) is 34.4 Å². The summed E-state index contributed by atoms with van der Waals surface area (Å²) >= 11 is 0. The van der Waals surface area contributed by atoms with E-state index in [9.17, 15) is 13.2 Å². The summed E-state index contributed by atoms with van der Waals surface area (Å²) in [4.78, 5) is 0. The van der Waals surface area contributed by atoms with E-state index in [-0.39, 0.29) is 5.75 Å². The van der Waals surface area contributed by atoms with E-state index < -0.39 is 6.36 Å². The van der Waals surface area contributed by atoms with Gasteiger partial charge in [-0.2, -0.15) is 0 Å². The highest BCUT2D eigenvalue weighted by atomic mass is 19.4. The van der Waals surface area contributed by atoms with Crippen molar-refractivity contribution < 1.29 is 17.9 Å². The van der Waals surface area contributed by atoms with E-state index >= 15 is 0 Å². The minimum absolute atomic E-state index is 0.200. The number of allylic oxidation sites excluding steroid dienone is 1. The average molecular weight is 437 g/mol. The van der Waals surface area contributed by atoms with Crippen molar-refractivity contribution in [1.82, 2.24) is 0 Å². The normalized spacial score (nSPS) is 14.3. The zero-order chi connectivity index (χ0) is 22.9. The molecule has 3 aromatic rings. The predicted molar refractivity (Wildman–Crippen MR) is 124 cm³/mol. The lowest BCUT2D eigenvalue weighted by molar-refractivity contribution is -0.274. The van der Waals surface area contributed by atoms with E-state index in [1.54, 1.807) is 12.1 Å². The first kappa shape index (κ1) is 22.2. The summed E-state index contributed by atoms with van der Waals surface area (Å²) < 4.78 is 41.8. The van der Waals surface area contributed by atoms with Crippen LogP contribution in [0, 0.1) is 6.92 Å². The summed E-state index contributed by atoms with van der Waals surface area (Å²) in [7, 11) is 0. The van der Waals surface area contributed by atoms with Crippen LogP contribution < -0.4 is 4.74 Å².